The normalized spacial score (nSPS) is 10.3. The highest BCUT2D eigenvalue weighted by atomic mass is 127. The van der Waals surface area contributed by atoms with Crippen LogP contribution in [0, 0.1) is 3.57 Å². The number of carbonyl (C=O) groups is 1. The molecule has 1 nitrogen and oxygen atoms in total. The van der Waals surface area contributed by atoms with E-state index in [2.05, 4.69) is 22.6 Å². The number of hydrogen-bond donors (Lipinski definition) is 0. The van der Waals surface area contributed by atoms with E-state index in [4.69, 9.17) is 11.6 Å². The third-order valence-corrected chi connectivity index (χ3v) is 3.92. The lowest BCUT2D eigenvalue weighted by Gasteiger charge is -1.99. The molecule has 0 amide bonds. The minimum Gasteiger partial charge on any atom is -0.288 e. The van der Waals surface area contributed by atoms with Crippen LogP contribution in [0.15, 0.2) is 35.7 Å². The third kappa shape index (κ3) is 2.41. The van der Waals surface area contributed by atoms with Crippen molar-refractivity contribution in [2.24, 2.45) is 0 Å². The Bertz CT molecular complexity index is 507. The van der Waals surface area contributed by atoms with Gasteiger partial charge < -0.3 is 0 Å². The molecule has 0 atom stereocenters. The summed E-state index contributed by atoms with van der Waals surface area (Å²) in [6.07, 6.45) is 0. The maximum atomic E-state index is 12.0. The smallest absolute Gasteiger partial charge is 0.204 e. The van der Waals surface area contributed by atoms with Gasteiger partial charge >= 0.3 is 0 Å². The lowest BCUT2D eigenvalue weighted by Crippen LogP contribution is -1.99. The van der Waals surface area contributed by atoms with Crippen LogP contribution in [0.2, 0.25) is 5.02 Å². The highest BCUT2D eigenvalue weighted by Crippen LogP contribution is 2.25. The fraction of sp³-hybridized carbons (Fsp3) is 0. The van der Waals surface area contributed by atoms with Crippen LogP contribution in [-0.2, 0) is 0 Å². The minimum absolute atomic E-state index is 0.00600. The Balaban J connectivity index is 2.41. The zero-order chi connectivity index (χ0) is 10.8. The van der Waals surface area contributed by atoms with Crippen molar-refractivity contribution in [3.63, 3.8) is 0 Å². The van der Waals surface area contributed by atoms with Gasteiger partial charge in [-0.15, -0.1) is 11.3 Å². The fourth-order valence-electron chi connectivity index (χ4n) is 1.22. The van der Waals surface area contributed by atoms with E-state index in [0.29, 0.717) is 15.5 Å². The maximum absolute atomic E-state index is 12.0. The molecule has 0 spiro atoms. The SMILES string of the molecule is O=C(c1cccc(I)c1)c1sccc1Cl. The number of ketones is 1. The molecule has 1 heterocycles. The number of carbonyl (C=O) groups excluding carboxylic acids is 1. The first-order chi connectivity index (χ1) is 7.18. The van der Waals surface area contributed by atoms with Gasteiger partial charge in [-0.1, -0.05) is 23.7 Å². The molecule has 0 fully saturated rings. The van der Waals surface area contributed by atoms with Gasteiger partial charge in [0, 0.05) is 9.13 Å². The van der Waals surface area contributed by atoms with E-state index in [-0.39, 0.29) is 5.78 Å². The Morgan fingerprint density at radius 2 is 2.13 bits per heavy atom. The minimum atomic E-state index is -0.00600. The highest BCUT2D eigenvalue weighted by molar-refractivity contribution is 14.1. The number of hydrogen-bond acceptors (Lipinski definition) is 2. The zero-order valence-electron chi connectivity index (χ0n) is 7.54. The van der Waals surface area contributed by atoms with Crippen molar-refractivity contribution >= 4 is 51.3 Å². The molecule has 1 aromatic heterocycles. The van der Waals surface area contributed by atoms with E-state index in [1.54, 1.807) is 12.1 Å². The Morgan fingerprint density at radius 1 is 1.33 bits per heavy atom. The summed E-state index contributed by atoms with van der Waals surface area (Å²) in [7, 11) is 0. The average molecular weight is 349 g/mol. The van der Waals surface area contributed by atoms with Gasteiger partial charge in [-0.3, -0.25) is 4.79 Å². The van der Waals surface area contributed by atoms with Gasteiger partial charge in [0.25, 0.3) is 0 Å². The van der Waals surface area contributed by atoms with Crippen LogP contribution in [0.4, 0.5) is 0 Å². The molecule has 0 N–H and O–H groups in total. The van der Waals surface area contributed by atoms with Gasteiger partial charge in [0.15, 0.2) is 0 Å². The summed E-state index contributed by atoms with van der Waals surface area (Å²) >= 11 is 9.47. The van der Waals surface area contributed by atoms with Crippen LogP contribution in [0.3, 0.4) is 0 Å². The molecule has 0 aliphatic heterocycles. The second-order valence-corrected chi connectivity index (χ2v) is 5.51. The molecule has 0 aliphatic rings. The number of benzene rings is 1. The van der Waals surface area contributed by atoms with E-state index in [1.165, 1.54) is 11.3 Å². The van der Waals surface area contributed by atoms with Gasteiger partial charge in [-0.25, -0.2) is 0 Å². The molecule has 2 rings (SSSR count). The molecule has 0 saturated carbocycles. The first kappa shape index (κ1) is 11.1. The number of thiophene rings is 1. The van der Waals surface area contributed by atoms with Gasteiger partial charge in [0.05, 0.1) is 9.90 Å². The maximum Gasteiger partial charge on any atom is 0.204 e. The van der Waals surface area contributed by atoms with Crippen LogP contribution in [0.1, 0.15) is 15.2 Å². The quantitative estimate of drug-likeness (QED) is 0.586. The highest BCUT2D eigenvalue weighted by Gasteiger charge is 2.13. The summed E-state index contributed by atoms with van der Waals surface area (Å²) in [6.45, 7) is 0. The first-order valence-corrected chi connectivity index (χ1v) is 6.55. The molecule has 4 heteroatoms. The Hall–Kier alpha value is -0.390. The van der Waals surface area contributed by atoms with Crippen molar-refractivity contribution in [1.29, 1.82) is 0 Å². The van der Waals surface area contributed by atoms with Gasteiger partial charge in [0.2, 0.25) is 5.78 Å². The predicted molar refractivity (Wildman–Crippen MR) is 71.9 cm³/mol. The van der Waals surface area contributed by atoms with Crippen LogP contribution in [-0.4, -0.2) is 5.78 Å². The molecule has 2 aromatic rings. The summed E-state index contributed by atoms with van der Waals surface area (Å²) in [5.41, 5.74) is 0.686. The monoisotopic (exact) mass is 348 g/mol. The van der Waals surface area contributed by atoms with Crippen molar-refractivity contribution in [3.05, 3.63) is 54.7 Å². The van der Waals surface area contributed by atoms with Crippen LogP contribution < -0.4 is 0 Å². The predicted octanol–water partition coefficient (Wildman–Crippen LogP) is 4.24. The molecule has 1 aromatic carbocycles. The standard InChI is InChI=1S/C11H6ClIOS/c12-9-4-5-15-11(9)10(14)7-2-1-3-8(13)6-7/h1-6H. The van der Waals surface area contributed by atoms with Crippen LogP contribution >= 0.6 is 45.5 Å². The molecule has 0 bridgehead atoms. The molecular weight excluding hydrogens is 343 g/mol. The summed E-state index contributed by atoms with van der Waals surface area (Å²) in [6, 6.07) is 9.23. The molecule has 0 unspecified atom stereocenters. The topological polar surface area (TPSA) is 17.1 Å². The lowest BCUT2D eigenvalue weighted by atomic mass is 10.1. The summed E-state index contributed by atoms with van der Waals surface area (Å²) in [4.78, 5) is 12.6. The fourth-order valence-corrected chi connectivity index (χ4v) is 2.86. The third-order valence-electron chi connectivity index (χ3n) is 1.91. The zero-order valence-corrected chi connectivity index (χ0v) is 11.3. The van der Waals surface area contributed by atoms with E-state index in [9.17, 15) is 4.79 Å². The molecule has 0 aliphatic carbocycles. The van der Waals surface area contributed by atoms with Crippen molar-refractivity contribution in [1.82, 2.24) is 0 Å². The van der Waals surface area contributed by atoms with Crippen LogP contribution in [0.25, 0.3) is 0 Å². The van der Waals surface area contributed by atoms with Crippen molar-refractivity contribution in [3.8, 4) is 0 Å². The van der Waals surface area contributed by atoms with E-state index >= 15 is 0 Å². The van der Waals surface area contributed by atoms with Gasteiger partial charge in [-0.2, -0.15) is 0 Å². The van der Waals surface area contributed by atoms with Crippen molar-refractivity contribution in [2.75, 3.05) is 0 Å². The lowest BCUT2D eigenvalue weighted by molar-refractivity contribution is 0.104. The van der Waals surface area contributed by atoms with Gasteiger partial charge in [0.1, 0.15) is 0 Å². The summed E-state index contributed by atoms with van der Waals surface area (Å²) in [5, 5.41) is 2.35. The second kappa shape index (κ2) is 4.63. The molecule has 15 heavy (non-hydrogen) atoms. The second-order valence-electron chi connectivity index (χ2n) is 2.94. The first-order valence-electron chi connectivity index (χ1n) is 4.22. The van der Waals surface area contributed by atoms with Crippen LogP contribution in [0.5, 0.6) is 0 Å². The largest absolute Gasteiger partial charge is 0.288 e. The van der Waals surface area contributed by atoms with E-state index in [0.717, 1.165) is 3.57 Å². The molecular formula is C11H6ClIOS. The van der Waals surface area contributed by atoms with E-state index < -0.39 is 0 Å². The van der Waals surface area contributed by atoms with Crippen molar-refractivity contribution < 1.29 is 4.79 Å². The Kier molecular flexibility index (Phi) is 3.43. The number of halogens is 2. The Labute approximate surface area is 110 Å². The number of rotatable bonds is 2. The molecule has 0 radical (unpaired) electrons. The average Bonchev–Trinajstić information content (AvgIpc) is 2.63. The Morgan fingerprint density at radius 3 is 2.73 bits per heavy atom. The summed E-state index contributed by atoms with van der Waals surface area (Å²) < 4.78 is 1.05. The van der Waals surface area contributed by atoms with Gasteiger partial charge in [-0.05, 0) is 46.2 Å². The summed E-state index contributed by atoms with van der Waals surface area (Å²) in [5.74, 6) is -0.00600. The van der Waals surface area contributed by atoms with E-state index in [1.807, 2.05) is 23.6 Å². The molecule has 0 saturated heterocycles. The van der Waals surface area contributed by atoms with Crippen molar-refractivity contribution in [2.45, 2.75) is 0 Å². The molecule has 76 valence electrons.